The fourth-order valence-corrected chi connectivity index (χ4v) is 2.22. The van der Waals surface area contributed by atoms with Gasteiger partial charge in [-0.25, -0.2) is 0 Å². The van der Waals surface area contributed by atoms with E-state index in [9.17, 15) is 0 Å². The van der Waals surface area contributed by atoms with Crippen molar-refractivity contribution in [1.29, 1.82) is 0 Å². The normalized spacial score (nSPS) is 34.8. The summed E-state index contributed by atoms with van der Waals surface area (Å²) in [6.07, 6.45) is 6.16. The number of hydrogen-bond acceptors (Lipinski definition) is 2. The number of nitrogens with two attached hydrogens (primary N) is 1. The van der Waals surface area contributed by atoms with Crippen LogP contribution in [-0.2, 0) is 4.74 Å². The topological polar surface area (TPSA) is 35.2 Å². The fourth-order valence-electron chi connectivity index (χ4n) is 2.22. The van der Waals surface area contributed by atoms with Gasteiger partial charge in [0.1, 0.15) is 0 Å². The van der Waals surface area contributed by atoms with E-state index in [4.69, 9.17) is 10.5 Å². The van der Waals surface area contributed by atoms with Crippen LogP contribution in [0.1, 0.15) is 46.0 Å². The van der Waals surface area contributed by atoms with Crippen LogP contribution in [-0.4, -0.2) is 18.8 Å². The molecular formula is C11H23NO. The van der Waals surface area contributed by atoms with Gasteiger partial charge in [-0.2, -0.15) is 0 Å². The van der Waals surface area contributed by atoms with Crippen LogP contribution in [0.5, 0.6) is 0 Å². The van der Waals surface area contributed by atoms with Gasteiger partial charge in [0.2, 0.25) is 0 Å². The van der Waals surface area contributed by atoms with E-state index in [1.54, 1.807) is 0 Å². The highest BCUT2D eigenvalue weighted by Gasteiger charge is 2.33. The van der Waals surface area contributed by atoms with Crippen molar-refractivity contribution in [2.24, 2.45) is 11.7 Å². The van der Waals surface area contributed by atoms with Crippen molar-refractivity contribution in [3.8, 4) is 0 Å². The minimum absolute atomic E-state index is 0.0629. The molecule has 2 heteroatoms. The van der Waals surface area contributed by atoms with Gasteiger partial charge in [0, 0.05) is 18.8 Å². The second kappa shape index (κ2) is 4.97. The maximum atomic E-state index is 6.36. The summed E-state index contributed by atoms with van der Waals surface area (Å²) in [4.78, 5) is 0. The Morgan fingerprint density at radius 2 is 2.23 bits per heavy atom. The maximum absolute atomic E-state index is 6.36. The lowest BCUT2D eigenvalue weighted by Crippen LogP contribution is -2.48. The molecule has 2 atom stereocenters. The molecule has 0 amide bonds. The van der Waals surface area contributed by atoms with Gasteiger partial charge >= 0.3 is 0 Å². The monoisotopic (exact) mass is 185 g/mol. The Morgan fingerprint density at radius 1 is 1.46 bits per heavy atom. The van der Waals surface area contributed by atoms with Gasteiger partial charge in [0.15, 0.2) is 0 Å². The number of ether oxygens (including phenoxy) is 1. The highest BCUT2D eigenvalue weighted by molar-refractivity contribution is 4.91. The van der Waals surface area contributed by atoms with Gasteiger partial charge in [0.05, 0.1) is 0 Å². The molecule has 0 aromatic carbocycles. The minimum atomic E-state index is 0.0629. The first-order chi connectivity index (χ1) is 6.19. The van der Waals surface area contributed by atoms with Gasteiger partial charge < -0.3 is 10.5 Å². The average Bonchev–Trinajstić information content (AvgIpc) is 2.11. The van der Waals surface area contributed by atoms with Gasteiger partial charge in [-0.15, -0.1) is 0 Å². The van der Waals surface area contributed by atoms with E-state index < -0.39 is 0 Å². The zero-order chi connectivity index (χ0) is 9.73. The van der Waals surface area contributed by atoms with Crippen LogP contribution in [0.2, 0.25) is 0 Å². The van der Waals surface area contributed by atoms with Crippen molar-refractivity contribution in [3.63, 3.8) is 0 Å². The van der Waals surface area contributed by atoms with Crippen LogP contribution in [0.3, 0.4) is 0 Å². The van der Waals surface area contributed by atoms with Crippen LogP contribution in [0.4, 0.5) is 0 Å². The first kappa shape index (κ1) is 11.0. The third-order valence-electron chi connectivity index (χ3n) is 3.43. The maximum Gasteiger partial charge on any atom is 0.0483 e. The van der Waals surface area contributed by atoms with Crippen molar-refractivity contribution in [1.82, 2.24) is 0 Å². The summed E-state index contributed by atoms with van der Waals surface area (Å²) >= 11 is 0. The molecule has 2 nitrogen and oxygen atoms in total. The fraction of sp³-hybridized carbons (Fsp3) is 1.00. The molecule has 1 aliphatic carbocycles. The Morgan fingerprint density at radius 3 is 2.85 bits per heavy atom. The molecule has 2 N–H and O–H groups in total. The van der Waals surface area contributed by atoms with E-state index in [1.807, 2.05) is 6.92 Å². The molecular weight excluding hydrogens is 162 g/mol. The molecule has 13 heavy (non-hydrogen) atoms. The zero-order valence-electron chi connectivity index (χ0n) is 9.01. The van der Waals surface area contributed by atoms with E-state index >= 15 is 0 Å². The Hall–Kier alpha value is -0.0800. The zero-order valence-corrected chi connectivity index (χ0v) is 9.01. The molecule has 2 unspecified atom stereocenters. The minimum Gasteiger partial charge on any atom is -0.382 e. The first-order valence-corrected chi connectivity index (χ1v) is 5.55. The third-order valence-corrected chi connectivity index (χ3v) is 3.43. The Kier molecular flexibility index (Phi) is 4.20. The van der Waals surface area contributed by atoms with Crippen molar-refractivity contribution in [2.45, 2.75) is 51.5 Å². The van der Waals surface area contributed by atoms with E-state index in [0.29, 0.717) is 5.92 Å². The summed E-state index contributed by atoms with van der Waals surface area (Å²) in [5.41, 5.74) is 6.43. The second-order valence-electron chi connectivity index (χ2n) is 4.33. The standard InChI is InChI=1S/C11H23NO/c1-3-13-9-8-11(12)7-5-4-6-10(11)2/h10H,3-9,12H2,1-2H3. The molecule has 1 saturated carbocycles. The molecule has 0 heterocycles. The lowest BCUT2D eigenvalue weighted by molar-refractivity contribution is 0.0958. The van der Waals surface area contributed by atoms with E-state index in [0.717, 1.165) is 19.6 Å². The molecule has 1 fully saturated rings. The summed E-state index contributed by atoms with van der Waals surface area (Å²) in [5, 5.41) is 0. The highest BCUT2D eigenvalue weighted by Crippen LogP contribution is 2.33. The average molecular weight is 185 g/mol. The summed E-state index contributed by atoms with van der Waals surface area (Å²) in [6.45, 7) is 5.96. The van der Waals surface area contributed by atoms with E-state index in [1.165, 1.54) is 25.7 Å². The Bertz CT molecular complexity index is 149. The van der Waals surface area contributed by atoms with Gasteiger partial charge in [-0.3, -0.25) is 0 Å². The quantitative estimate of drug-likeness (QED) is 0.682. The first-order valence-electron chi connectivity index (χ1n) is 5.55. The van der Waals surface area contributed by atoms with Crippen LogP contribution in [0.15, 0.2) is 0 Å². The van der Waals surface area contributed by atoms with E-state index in [-0.39, 0.29) is 5.54 Å². The predicted molar refractivity (Wildman–Crippen MR) is 55.7 cm³/mol. The highest BCUT2D eigenvalue weighted by atomic mass is 16.5. The number of hydrogen-bond donors (Lipinski definition) is 1. The second-order valence-corrected chi connectivity index (χ2v) is 4.33. The molecule has 0 saturated heterocycles. The van der Waals surface area contributed by atoms with Gasteiger partial charge in [-0.1, -0.05) is 19.8 Å². The summed E-state index contributed by atoms with van der Waals surface area (Å²) in [5.74, 6) is 0.668. The molecule has 0 aliphatic heterocycles. The summed E-state index contributed by atoms with van der Waals surface area (Å²) in [7, 11) is 0. The van der Waals surface area contributed by atoms with Crippen molar-refractivity contribution in [2.75, 3.05) is 13.2 Å². The SMILES string of the molecule is CCOCCC1(N)CCCCC1C. The van der Waals surface area contributed by atoms with Crippen LogP contribution >= 0.6 is 0 Å². The van der Waals surface area contributed by atoms with Crippen LogP contribution in [0.25, 0.3) is 0 Å². The molecule has 0 spiro atoms. The number of rotatable bonds is 4. The molecule has 1 rings (SSSR count). The van der Waals surface area contributed by atoms with Gasteiger partial charge in [-0.05, 0) is 32.1 Å². The third kappa shape index (κ3) is 2.96. The lowest BCUT2D eigenvalue weighted by atomic mass is 9.73. The molecule has 78 valence electrons. The molecule has 0 radical (unpaired) electrons. The van der Waals surface area contributed by atoms with Crippen molar-refractivity contribution < 1.29 is 4.74 Å². The molecule has 0 bridgehead atoms. The van der Waals surface area contributed by atoms with Crippen molar-refractivity contribution in [3.05, 3.63) is 0 Å². The molecule has 0 aromatic heterocycles. The van der Waals surface area contributed by atoms with Crippen molar-refractivity contribution >= 4 is 0 Å². The van der Waals surface area contributed by atoms with Gasteiger partial charge in [0.25, 0.3) is 0 Å². The van der Waals surface area contributed by atoms with Crippen LogP contribution in [0, 0.1) is 5.92 Å². The Balaban J connectivity index is 2.33. The summed E-state index contributed by atoms with van der Waals surface area (Å²) < 4.78 is 5.37. The summed E-state index contributed by atoms with van der Waals surface area (Å²) in [6, 6.07) is 0. The predicted octanol–water partition coefficient (Wildman–Crippen LogP) is 2.32. The van der Waals surface area contributed by atoms with Crippen LogP contribution < -0.4 is 5.73 Å². The smallest absolute Gasteiger partial charge is 0.0483 e. The molecule has 0 aromatic rings. The lowest BCUT2D eigenvalue weighted by Gasteiger charge is -2.39. The molecule has 1 aliphatic rings. The largest absolute Gasteiger partial charge is 0.382 e. The van der Waals surface area contributed by atoms with E-state index in [2.05, 4.69) is 6.92 Å². The Labute approximate surface area is 81.8 Å².